The van der Waals surface area contributed by atoms with Crippen LogP contribution in [0.25, 0.3) is 0 Å². The van der Waals surface area contributed by atoms with Crippen molar-refractivity contribution in [1.29, 1.82) is 0 Å². The highest BCUT2D eigenvalue weighted by Crippen LogP contribution is 2.38. The second kappa shape index (κ2) is 7.09. The summed E-state index contributed by atoms with van der Waals surface area (Å²) in [5, 5.41) is 13.3. The largest absolute Gasteiger partial charge is 0.470 e. The minimum Gasteiger partial charge on any atom is -0.470 e. The third kappa shape index (κ3) is 4.47. The Hall–Kier alpha value is -2.62. The van der Waals surface area contributed by atoms with Gasteiger partial charge in [-0.15, -0.1) is 0 Å². The van der Waals surface area contributed by atoms with Crippen molar-refractivity contribution >= 4 is 28.8 Å². The van der Waals surface area contributed by atoms with Crippen LogP contribution in [-0.4, -0.2) is 21.0 Å². The van der Waals surface area contributed by atoms with E-state index in [1.807, 2.05) is 0 Å². The molecule has 0 aliphatic rings. The summed E-state index contributed by atoms with van der Waals surface area (Å²) in [6.45, 7) is 3.29. The fourth-order valence-corrected chi connectivity index (χ4v) is 2.11. The van der Waals surface area contributed by atoms with Gasteiger partial charge in [0.05, 0.1) is 21.6 Å². The van der Waals surface area contributed by atoms with Crippen LogP contribution in [0.3, 0.4) is 0 Å². The van der Waals surface area contributed by atoms with Crippen molar-refractivity contribution in [2.75, 3.05) is 5.32 Å². The molecular weight excluding hydrogens is 365 g/mol. The number of aromatic nitrogens is 2. The summed E-state index contributed by atoms with van der Waals surface area (Å²) in [5.41, 5.74) is -1.73. The quantitative estimate of drug-likeness (QED) is 0.606. The maximum Gasteiger partial charge on any atom is 0.417 e. The topological polar surface area (TPSA) is 90.2 Å². The normalized spacial score (nSPS) is 11.5. The Kier molecular flexibility index (Phi) is 5.31. The average molecular weight is 377 g/mol. The molecule has 25 heavy (non-hydrogen) atoms. The molecule has 1 N–H and O–H groups in total. The number of ether oxygens (including phenoxy) is 1. The van der Waals surface area contributed by atoms with E-state index in [2.05, 4.69) is 15.3 Å². The zero-order chi connectivity index (χ0) is 18.8. The van der Waals surface area contributed by atoms with Crippen molar-refractivity contribution in [3.8, 4) is 5.88 Å². The number of halogens is 4. The van der Waals surface area contributed by atoms with E-state index in [4.69, 9.17) is 16.3 Å². The Morgan fingerprint density at radius 2 is 2.00 bits per heavy atom. The molecule has 0 atom stereocenters. The maximum absolute atomic E-state index is 12.9. The summed E-state index contributed by atoms with van der Waals surface area (Å²) in [7, 11) is 0. The molecule has 0 fully saturated rings. The molecule has 0 spiro atoms. The Labute approximate surface area is 145 Å². The molecule has 1 aromatic carbocycles. The molecule has 0 saturated carbocycles. The SMILES string of the molecule is CC(C)Oc1ncnc(Nc2ccc(Cl)c(C(F)(F)F)c2)c1[N+](=O)[O-]. The van der Waals surface area contributed by atoms with Gasteiger partial charge >= 0.3 is 11.9 Å². The van der Waals surface area contributed by atoms with Crippen LogP contribution in [-0.2, 0) is 6.18 Å². The van der Waals surface area contributed by atoms with Gasteiger partial charge in [0.2, 0.25) is 5.82 Å². The molecule has 0 amide bonds. The minimum absolute atomic E-state index is 0.0750. The number of rotatable bonds is 5. The number of alkyl halides is 3. The van der Waals surface area contributed by atoms with E-state index in [1.165, 1.54) is 6.07 Å². The summed E-state index contributed by atoms with van der Waals surface area (Å²) >= 11 is 5.55. The first-order valence-corrected chi connectivity index (χ1v) is 7.27. The van der Waals surface area contributed by atoms with Gasteiger partial charge in [-0.25, -0.2) is 4.98 Å². The molecule has 0 bridgehead atoms. The van der Waals surface area contributed by atoms with Crippen LogP contribution in [0.2, 0.25) is 5.02 Å². The first-order chi connectivity index (χ1) is 11.6. The van der Waals surface area contributed by atoms with Crippen LogP contribution in [0, 0.1) is 10.1 Å². The third-order valence-electron chi connectivity index (χ3n) is 2.85. The first kappa shape index (κ1) is 18.7. The molecule has 2 aromatic rings. The molecule has 2 rings (SSSR count). The van der Waals surface area contributed by atoms with Crippen molar-refractivity contribution in [1.82, 2.24) is 9.97 Å². The standard InChI is InChI=1S/C14H12ClF3N4O3/c1-7(2)25-13-11(22(23)24)12(19-6-20-13)21-8-3-4-10(15)9(5-8)14(16,17)18/h3-7H,1-2H3,(H,19,20,21). The van der Waals surface area contributed by atoms with Crippen LogP contribution in [0.15, 0.2) is 24.5 Å². The van der Waals surface area contributed by atoms with E-state index in [9.17, 15) is 23.3 Å². The van der Waals surface area contributed by atoms with E-state index in [0.717, 1.165) is 18.5 Å². The van der Waals surface area contributed by atoms with Crippen molar-refractivity contribution in [3.05, 3.63) is 45.2 Å². The van der Waals surface area contributed by atoms with Gasteiger partial charge in [0.15, 0.2) is 0 Å². The molecule has 0 radical (unpaired) electrons. The van der Waals surface area contributed by atoms with Gasteiger partial charge in [0.1, 0.15) is 6.33 Å². The van der Waals surface area contributed by atoms with E-state index in [-0.39, 0.29) is 17.4 Å². The number of nitro groups is 1. The van der Waals surface area contributed by atoms with Crippen molar-refractivity contribution in [3.63, 3.8) is 0 Å². The van der Waals surface area contributed by atoms with Gasteiger partial charge in [0, 0.05) is 5.69 Å². The summed E-state index contributed by atoms with van der Waals surface area (Å²) in [5.74, 6) is -0.589. The molecule has 0 unspecified atom stereocenters. The molecule has 0 aliphatic heterocycles. The van der Waals surface area contributed by atoms with Crippen LogP contribution in [0.5, 0.6) is 5.88 Å². The lowest BCUT2D eigenvalue weighted by atomic mass is 10.2. The maximum atomic E-state index is 12.9. The molecule has 11 heteroatoms. The van der Waals surface area contributed by atoms with E-state index in [0.29, 0.717) is 0 Å². The number of hydrogen-bond donors (Lipinski definition) is 1. The van der Waals surface area contributed by atoms with Gasteiger partial charge in [-0.2, -0.15) is 18.2 Å². The van der Waals surface area contributed by atoms with Gasteiger partial charge in [0.25, 0.3) is 5.88 Å². The first-order valence-electron chi connectivity index (χ1n) is 6.89. The number of nitrogens with one attached hydrogen (secondary N) is 1. The molecular formula is C14H12ClF3N4O3. The smallest absolute Gasteiger partial charge is 0.417 e. The lowest BCUT2D eigenvalue weighted by molar-refractivity contribution is -0.385. The number of hydrogen-bond acceptors (Lipinski definition) is 6. The highest BCUT2D eigenvalue weighted by atomic mass is 35.5. The zero-order valence-electron chi connectivity index (χ0n) is 13.0. The van der Waals surface area contributed by atoms with Crippen molar-refractivity contribution in [2.24, 2.45) is 0 Å². The number of anilines is 2. The molecule has 0 aliphatic carbocycles. The predicted octanol–water partition coefficient (Wildman–Crippen LogP) is 4.59. The Morgan fingerprint density at radius 3 is 2.56 bits per heavy atom. The zero-order valence-corrected chi connectivity index (χ0v) is 13.7. The average Bonchev–Trinajstić information content (AvgIpc) is 2.47. The summed E-state index contributed by atoms with van der Waals surface area (Å²) in [4.78, 5) is 17.9. The highest BCUT2D eigenvalue weighted by molar-refractivity contribution is 6.31. The fraction of sp³-hybridized carbons (Fsp3) is 0.286. The Balaban J connectivity index is 2.46. The Bertz CT molecular complexity index is 799. The minimum atomic E-state index is -4.67. The molecule has 1 aromatic heterocycles. The Morgan fingerprint density at radius 1 is 1.32 bits per heavy atom. The molecule has 1 heterocycles. The summed E-state index contributed by atoms with van der Waals surface area (Å²) < 4.78 is 44.0. The molecule has 134 valence electrons. The second-order valence-electron chi connectivity index (χ2n) is 5.12. The van der Waals surface area contributed by atoms with E-state index in [1.54, 1.807) is 13.8 Å². The van der Waals surface area contributed by atoms with Crippen molar-refractivity contribution in [2.45, 2.75) is 26.1 Å². The van der Waals surface area contributed by atoms with Crippen molar-refractivity contribution < 1.29 is 22.8 Å². The summed E-state index contributed by atoms with van der Waals surface area (Å²) in [6.07, 6.45) is -4.06. The van der Waals surface area contributed by atoms with Gasteiger partial charge in [-0.3, -0.25) is 10.1 Å². The predicted molar refractivity (Wildman–Crippen MR) is 84.2 cm³/mol. The second-order valence-corrected chi connectivity index (χ2v) is 5.52. The summed E-state index contributed by atoms with van der Waals surface area (Å²) in [6, 6.07) is 3.01. The number of nitrogens with zero attached hydrogens (tertiary/aromatic N) is 3. The van der Waals surface area contributed by atoms with Gasteiger partial charge in [-0.05, 0) is 32.0 Å². The molecule has 7 nitrogen and oxygen atoms in total. The monoisotopic (exact) mass is 376 g/mol. The highest BCUT2D eigenvalue weighted by Gasteiger charge is 2.33. The van der Waals surface area contributed by atoms with Crippen LogP contribution < -0.4 is 10.1 Å². The van der Waals surface area contributed by atoms with Gasteiger partial charge in [-0.1, -0.05) is 11.6 Å². The molecule has 0 saturated heterocycles. The van der Waals surface area contributed by atoms with E-state index < -0.39 is 33.5 Å². The third-order valence-corrected chi connectivity index (χ3v) is 3.18. The lowest BCUT2D eigenvalue weighted by Gasteiger charge is -2.13. The van der Waals surface area contributed by atoms with Crippen LogP contribution >= 0.6 is 11.6 Å². The van der Waals surface area contributed by atoms with Gasteiger partial charge < -0.3 is 10.1 Å². The van der Waals surface area contributed by atoms with Crippen LogP contribution in [0.1, 0.15) is 19.4 Å². The number of benzene rings is 1. The fourth-order valence-electron chi connectivity index (χ4n) is 1.89. The van der Waals surface area contributed by atoms with E-state index >= 15 is 0 Å². The lowest BCUT2D eigenvalue weighted by Crippen LogP contribution is -2.11. The van der Waals surface area contributed by atoms with Crippen LogP contribution in [0.4, 0.5) is 30.4 Å².